The molecule has 2 amide bonds. The number of nitrogens with zero attached hydrogens (tertiary/aromatic N) is 1. The number of carbonyl (C=O) groups is 2. The number of rotatable bonds is 5. The number of primary amides is 1. The highest BCUT2D eigenvalue weighted by atomic mass is 79.9. The van der Waals surface area contributed by atoms with Crippen LogP contribution in [-0.2, 0) is 16.1 Å². The van der Waals surface area contributed by atoms with Crippen LogP contribution in [0.5, 0.6) is 5.75 Å². The van der Waals surface area contributed by atoms with Gasteiger partial charge in [-0.05, 0) is 42.0 Å². The van der Waals surface area contributed by atoms with E-state index in [0.717, 1.165) is 15.6 Å². The predicted molar refractivity (Wildman–Crippen MR) is 104 cm³/mol. The van der Waals surface area contributed by atoms with Crippen LogP contribution in [0.2, 0.25) is 5.02 Å². The Kier molecular flexibility index (Phi) is 5.64. The largest absolute Gasteiger partial charge is 0.488 e. The first-order chi connectivity index (χ1) is 12.4. The van der Waals surface area contributed by atoms with Crippen molar-refractivity contribution in [1.29, 1.82) is 0 Å². The van der Waals surface area contributed by atoms with E-state index < -0.39 is 5.91 Å². The zero-order chi connectivity index (χ0) is 18.7. The molecule has 7 heteroatoms. The number of hydrogen-bond donors (Lipinski definition) is 1. The quantitative estimate of drug-likeness (QED) is 0.782. The van der Waals surface area contributed by atoms with E-state index in [4.69, 9.17) is 22.1 Å². The number of hydrogen-bond acceptors (Lipinski definition) is 3. The van der Waals surface area contributed by atoms with Crippen molar-refractivity contribution in [2.75, 3.05) is 13.2 Å². The normalized spacial score (nSPS) is 12.6. The second kappa shape index (κ2) is 7.93. The highest BCUT2D eigenvalue weighted by Gasteiger charge is 2.24. The van der Waals surface area contributed by atoms with Gasteiger partial charge in [-0.15, -0.1) is 0 Å². The molecule has 0 bridgehead atoms. The highest BCUT2D eigenvalue weighted by Crippen LogP contribution is 2.29. The van der Waals surface area contributed by atoms with Crippen molar-refractivity contribution < 1.29 is 14.3 Å². The van der Waals surface area contributed by atoms with E-state index in [0.29, 0.717) is 16.3 Å². The van der Waals surface area contributed by atoms with E-state index in [9.17, 15) is 9.59 Å². The molecule has 2 aromatic rings. The molecule has 1 heterocycles. The van der Waals surface area contributed by atoms with Crippen molar-refractivity contribution in [2.24, 2.45) is 5.73 Å². The number of halogens is 2. The van der Waals surface area contributed by atoms with Gasteiger partial charge in [0.1, 0.15) is 12.4 Å². The molecule has 0 aliphatic carbocycles. The summed E-state index contributed by atoms with van der Waals surface area (Å²) in [5.41, 5.74) is 7.39. The van der Waals surface area contributed by atoms with Crippen molar-refractivity contribution in [3.63, 3.8) is 0 Å². The molecule has 0 atom stereocenters. The maximum atomic E-state index is 12.9. The Labute approximate surface area is 164 Å². The molecule has 2 N–H and O–H groups in total. The summed E-state index contributed by atoms with van der Waals surface area (Å²) in [5, 5.41) is 0.557. The summed E-state index contributed by atoms with van der Waals surface area (Å²) in [5.74, 6) is -0.200. The average molecular weight is 436 g/mol. The number of benzene rings is 2. The third-order valence-electron chi connectivity index (χ3n) is 3.88. The Balaban J connectivity index is 1.85. The fourth-order valence-electron chi connectivity index (χ4n) is 2.67. The van der Waals surface area contributed by atoms with E-state index in [1.54, 1.807) is 24.3 Å². The molecular formula is C19H16BrClN2O3. The highest BCUT2D eigenvalue weighted by molar-refractivity contribution is 9.10. The number of fused-ring (bicyclic) bond motifs is 1. The van der Waals surface area contributed by atoms with Crippen LogP contribution in [0.25, 0.3) is 6.08 Å². The van der Waals surface area contributed by atoms with Gasteiger partial charge in [0, 0.05) is 21.6 Å². The molecule has 1 aliphatic heterocycles. The third-order valence-corrected chi connectivity index (χ3v) is 4.64. The van der Waals surface area contributed by atoms with Gasteiger partial charge in [-0.1, -0.05) is 39.7 Å². The van der Waals surface area contributed by atoms with E-state index >= 15 is 0 Å². The van der Waals surface area contributed by atoms with Crippen LogP contribution in [0, 0.1) is 0 Å². The van der Waals surface area contributed by atoms with E-state index in [1.807, 2.05) is 24.3 Å². The third kappa shape index (κ3) is 4.45. The van der Waals surface area contributed by atoms with Crippen LogP contribution >= 0.6 is 27.5 Å². The molecule has 0 spiro atoms. The molecule has 0 radical (unpaired) electrons. The standard InChI is InChI=1S/C19H16BrClN2O3/c20-15-3-1-12(2-4-15)9-23(10-18(22)24)19(25)14-7-13-8-16(21)5-6-17(13)26-11-14/h1-8H,9-11H2,(H2,22,24). The molecular weight excluding hydrogens is 420 g/mol. The van der Waals surface area contributed by atoms with Gasteiger partial charge in [-0.3, -0.25) is 9.59 Å². The Hall–Kier alpha value is -2.31. The number of nitrogens with two attached hydrogens (primary N) is 1. The van der Waals surface area contributed by atoms with Crippen LogP contribution in [0.1, 0.15) is 11.1 Å². The van der Waals surface area contributed by atoms with Gasteiger partial charge >= 0.3 is 0 Å². The Morgan fingerprint density at radius 2 is 1.92 bits per heavy atom. The fourth-order valence-corrected chi connectivity index (χ4v) is 3.12. The van der Waals surface area contributed by atoms with Crippen LogP contribution in [0.4, 0.5) is 0 Å². The topological polar surface area (TPSA) is 72.6 Å². The van der Waals surface area contributed by atoms with Gasteiger partial charge in [-0.25, -0.2) is 0 Å². The maximum absolute atomic E-state index is 12.9. The molecule has 5 nitrogen and oxygen atoms in total. The molecule has 0 unspecified atom stereocenters. The number of ether oxygens (including phenoxy) is 1. The van der Waals surface area contributed by atoms with Crippen LogP contribution in [0.3, 0.4) is 0 Å². The fraction of sp³-hybridized carbons (Fsp3) is 0.158. The summed E-state index contributed by atoms with van der Waals surface area (Å²) in [7, 11) is 0. The Bertz CT molecular complexity index is 881. The minimum Gasteiger partial charge on any atom is -0.488 e. The summed E-state index contributed by atoms with van der Waals surface area (Å²) >= 11 is 9.38. The first kappa shape index (κ1) is 18.5. The number of carbonyl (C=O) groups excluding carboxylic acids is 2. The van der Waals surface area contributed by atoms with Gasteiger partial charge in [0.2, 0.25) is 5.91 Å². The molecule has 0 fully saturated rings. The second-order valence-corrected chi connectivity index (χ2v) is 7.25. The molecule has 3 rings (SSSR count). The Morgan fingerprint density at radius 3 is 2.62 bits per heavy atom. The summed E-state index contributed by atoms with van der Waals surface area (Å²) in [6.45, 7) is 0.229. The summed E-state index contributed by atoms with van der Waals surface area (Å²) in [6, 6.07) is 12.7. The molecule has 0 aromatic heterocycles. The van der Waals surface area contributed by atoms with Gasteiger partial charge in [0.05, 0.1) is 12.1 Å². The van der Waals surface area contributed by atoms with E-state index in [1.165, 1.54) is 4.90 Å². The first-order valence-corrected chi connectivity index (χ1v) is 9.04. The lowest BCUT2D eigenvalue weighted by Gasteiger charge is -2.25. The minimum atomic E-state index is -0.573. The molecule has 2 aromatic carbocycles. The molecule has 134 valence electrons. The maximum Gasteiger partial charge on any atom is 0.254 e. The van der Waals surface area contributed by atoms with E-state index in [2.05, 4.69) is 15.9 Å². The Morgan fingerprint density at radius 1 is 1.19 bits per heavy atom. The van der Waals surface area contributed by atoms with Crippen molar-refractivity contribution >= 4 is 45.4 Å². The zero-order valence-electron chi connectivity index (χ0n) is 13.7. The summed E-state index contributed by atoms with van der Waals surface area (Å²) in [6.07, 6.45) is 1.74. The monoisotopic (exact) mass is 434 g/mol. The van der Waals surface area contributed by atoms with Crippen molar-refractivity contribution in [3.8, 4) is 5.75 Å². The van der Waals surface area contributed by atoms with Gasteiger partial charge in [0.15, 0.2) is 0 Å². The number of amides is 2. The lowest BCUT2D eigenvalue weighted by Crippen LogP contribution is -2.39. The predicted octanol–water partition coefficient (Wildman–Crippen LogP) is 3.39. The molecule has 0 saturated heterocycles. The van der Waals surface area contributed by atoms with E-state index in [-0.39, 0.29) is 25.6 Å². The van der Waals surface area contributed by atoms with Gasteiger partial charge in [-0.2, -0.15) is 0 Å². The van der Waals surface area contributed by atoms with Gasteiger partial charge in [0.25, 0.3) is 5.91 Å². The second-order valence-electron chi connectivity index (χ2n) is 5.89. The van der Waals surface area contributed by atoms with Gasteiger partial charge < -0.3 is 15.4 Å². The minimum absolute atomic E-state index is 0.128. The SMILES string of the molecule is NC(=O)CN(Cc1ccc(Br)cc1)C(=O)C1=Cc2cc(Cl)ccc2OC1. The zero-order valence-corrected chi connectivity index (χ0v) is 16.1. The van der Waals surface area contributed by atoms with Crippen molar-refractivity contribution in [2.45, 2.75) is 6.54 Å². The van der Waals surface area contributed by atoms with Crippen molar-refractivity contribution in [3.05, 3.63) is 68.7 Å². The average Bonchev–Trinajstić information content (AvgIpc) is 2.61. The summed E-state index contributed by atoms with van der Waals surface area (Å²) in [4.78, 5) is 25.8. The first-order valence-electron chi connectivity index (χ1n) is 7.87. The smallest absolute Gasteiger partial charge is 0.254 e. The van der Waals surface area contributed by atoms with Crippen LogP contribution < -0.4 is 10.5 Å². The summed E-state index contributed by atoms with van der Waals surface area (Å²) < 4.78 is 6.57. The molecule has 26 heavy (non-hydrogen) atoms. The molecule has 1 aliphatic rings. The molecule has 0 saturated carbocycles. The lowest BCUT2D eigenvalue weighted by molar-refractivity contribution is -0.132. The van der Waals surface area contributed by atoms with Crippen LogP contribution in [0.15, 0.2) is 52.5 Å². The lowest BCUT2D eigenvalue weighted by atomic mass is 10.1. The van der Waals surface area contributed by atoms with Crippen LogP contribution in [-0.4, -0.2) is 29.9 Å². The van der Waals surface area contributed by atoms with Crippen molar-refractivity contribution in [1.82, 2.24) is 4.90 Å².